The summed E-state index contributed by atoms with van der Waals surface area (Å²) in [6, 6.07) is 12.3. The van der Waals surface area contributed by atoms with Gasteiger partial charge in [0.25, 0.3) is 0 Å². The molecular weight excluding hydrogens is 302 g/mol. The lowest BCUT2D eigenvalue weighted by molar-refractivity contribution is -0.918. The number of thiophene rings is 1. The fourth-order valence-corrected chi connectivity index (χ4v) is 3.30. The van der Waals surface area contributed by atoms with E-state index in [1.165, 1.54) is 10.4 Å². The molecule has 0 aliphatic carbocycles. The largest absolute Gasteiger partial charge is 0.328 e. The predicted molar refractivity (Wildman–Crippen MR) is 89.3 cm³/mol. The van der Waals surface area contributed by atoms with E-state index >= 15 is 0 Å². The van der Waals surface area contributed by atoms with E-state index in [1.807, 2.05) is 18.3 Å². The summed E-state index contributed by atoms with van der Waals surface area (Å²) in [6.45, 7) is 5.21. The Morgan fingerprint density at radius 2 is 2.00 bits per heavy atom. The Kier molecular flexibility index (Phi) is 4.91. The Morgan fingerprint density at radius 3 is 2.71 bits per heavy atom. The molecule has 1 aliphatic heterocycles. The quantitative estimate of drug-likeness (QED) is 0.856. The average Bonchev–Trinajstić information content (AvgIpc) is 3.02. The van der Waals surface area contributed by atoms with Crippen molar-refractivity contribution in [1.29, 1.82) is 0 Å². The van der Waals surface area contributed by atoms with Gasteiger partial charge in [0, 0.05) is 15.5 Å². The molecule has 1 aromatic carbocycles. The van der Waals surface area contributed by atoms with Crippen molar-refractivity contribution in [3.05, 3.63) is 57.2 Å². The lowest BCUT2D eigenvalue weighted by atomic mass is 10.2. The Morgan fingerprint density at radius 1 is 1.19 bits per heavy atom. The van der Waals surface area contributed by atoms with E-state index < -0.39 is 0 Å². The second kappa shape index (κ2) is 7.07. The Bertz CT molecular complexity index is 589. The predicted octanol–water partition coefficient (Wildman–Crippen LogP) is 2.14. The zero-order valence-electron chi connectivity index (χ0n) is 11.8. The summed E-state index contributed by atoms with van der Waals surface area (Å²) in [4.78, 5) is 2.78. The second-order valence-electron chi connectivity index (χ2n) is 5.23. The van der Waals surface area contributed by atoms with Gasteiger partial charge in [-0.1, -0.05) is 35.9 Å². The van der Waals surface area contributed by atoms with E-state index in [-0.39, 0.29) is 0 Å². The molecule has 0 amide bonds. The van der Waals surface area contributed by atoms with Crippen LogP contribution < -0.4 is 4.90 Å². The molecule has 3 rings (SSSR count). The number of rotatable bonds is 4. The maximum Gasteiger partial charge on any atom is 0.104 e. The minimum Gasteiger partial charge on any atom is -0.328 e. The fourth-order valence-electron chi connectivity index (χ4n) is 2.52. The molecule has 1 aliphatic rings. The van der Waals surface area contributed by atoms with Gasteiger partial charge in [0.15, 0.2) is 0 Å². The molecule has 0 unspecified atom stereocenters. The SMILES string of the molecule is Clc1ccccc1C[NH+]1CCN(/N=C/c2cccs2)CC1. The second-order valence-corrected chi connectivity index (χ2v) is 6.62. The molecule has 0 spiro atoms. The maximum absolute atomic E-state index is 6.23. The van der Waals surface area contributed by atoms with Crippen molar-refractivity contribution >= 4 is 29.2 Å². The van der Waals surface area contributed by atoms with Crippen molar-refractivity contribution in [1.82, 2.24) is 5.01 Å². The smallest absolute Gasteiger partial charge is 0.104 e. The van der Waals surface area contributed by atoms with Gasteiger partial charge in [-0.3, -0.25) is 5.01 Å². The van der Waals surface area contributed by atoms with Gasteiger partial charge in [-0.2, -0.15) is 5.10 Å². The van der Waals surface area contributed by atoms with Crippen molar-refractivity contribution in [3.63, 3.8) is 0 Å². The molecule has 21 heavy (non-hydrogen) atoms. The monoisotopic (exact) mass is 320 g/mol. The minimum absolute atomic E-state index is 0.878. The summed E-state index contributed by atoms with van der Waals surface area (Å²) in [6.07, 6.45) is 1.96. The van der Waals surface area contributed by atoms with Crippen LogP contribution in [-0.2, 0) is 6.54 Å². The lowest BCUT2D eigenvalue weighted by Gasteiger charge is -2.30. The molecule has 0 saturated carbocycles. The number of benzene rings is 1. The summed E-state index contributed by atoms with van der Waals surface area (Å²) in [5.41, 5.74) is 1.24. The zero-order valence-corrected chi connectivity index (χ0v) is 13.4. The van der Waals surface area contributed by atoms with Crippen LogP contribution in [0.25, 0.3) is 0 Å². The standard InChI is InChI=1S/C16H18ClN3S/c17-16-6-2-1-4-14(16)13-19-7-9-20(10-8-19)18-12-15-5-3-11-21-15/h1-6,11-12H,7-10,13H2/p+1/b18-12+. The van der Waals surface area contributed by atoms with Crippen LogP contribution in [-0.4, -0.2) is 37.4 Å². The van der Waals surface area contributed by atoms with Gasteiger partial charge in [-0.05, 0) is 17.5 Å². The van der Waals surface area contributed by atoms with Crippen LogP contribution in [0.5, 0.6) is 0 Å². The van der Waals surface area contributed by atoms with Crippen LogP contribution >= 0.6 is 22.9 Å². The van der Waals surface area contributed by atoms with E-state index in [9.17, 15) is 0 Å². The lowest BCUT2D eigenvalue weighted by Crippen LogP contribution is -3.13. The van der Waals surface area contributed by atoms with E-state index in [1.54, 1.807) is 16.2 Å². The van der Waals surface area contributed by atoms with Crippen molar-refractivity contribution in [2.24, 2.45) is 5.10 Å². The molecule has 0 atom stereocenters. The highest BCUT2D eigenvalue weighted by molar-refractivity contribution is 7.11. The van der Waals surface area contributed by atoms with Crippen LogP contribution in [0, 0.1) is 0 Å². The third-order valence-corrected chi connectivity index (χ3v) is 4.91. The summed E-state index contributed by atoms with van der Waals surface area (Å²) < 4.78 is 0. The molecule has 0 bridgehead atoms. The van der Waals surface area contributed by atoms with E-state index in [0.29, 0.717) is 0 Å². The highest BCUT2D eigenvalue weighted by atomic mass is 35.5. The first-order valence-electron chi connectivity index (χ1n) is 7.21. The molecule has 0 radical (unpaired) electrons. The average molecular weight is 321 g/mol. The van der Waals surface area contributed by atoms with Crippen LogP contribution in [0.15, 0.2) is 46.9 Å². The van der Waals surface area contributed by atoms with Gasteiger partial charge < -0.3 is 4.90 Å². The number of nitrogens with zero attached hydrogens (tertiary/aromatic N) is 2. The molecular formula is C16H19ClN3S+. The highest BCUT2D eigenvalue weighted by Gasteiger charge is 2.19. The molecule has 110 valence electrons. The zero-order chi connectivity index (χ0) is 14.5. The summed E-state index contributed by atoms with van der Waals surface area (Å²) in [5, 5.41) is 9.68. The third kappa shape index (κ3) is 4.06. The first-order valence-corrected chi connectivity index (χ1v) is 8.46. The number of quaternary nitrogens is 1. The molecule has 1 saturated heterocycles. The summed E-state index contributed by atoms with van der Waals surface area (Å²) >= 11 is 7.95. The van der Waals surface area contributed by atoms with Crippen LogP contribution in [0.4, 0.5) is 0 Å². The molecule has 1 aromatic heterocycles. The number of nitrogens with one attached hydrogen (secondary N) is 1. The van der Waals surface area contributed by atoms with E-state index in [0.717, 1.165) is 37.7 Å². The van der Waals surface area contributed by atoms with Gasteiger partial charge in [0.1, 0.15) is 6.54 Å². The summed E-state index contributed by atoms with van der Waals surface area (Å²) in [7, 11) is 0. The number of hydrogen-bond acceptors (Lipinski definition) is 3. The maximum atomic E-state index is 6.23. The van der Waals surface area contributed by atoms with Crippen LogP contribution in [0.1, 0.15) is 10.4 Å². The van der Waals surface area contributed by atoms with Crippen LogP contribution in [0.3, 0.4) is 0 Å². The van der Waals surface area contributed by atoms with Gasteiger partial charge in [0.05, 0.1) is 32.4 Å². The molecule has 1 N–H and O–H groups in total. The minimum atomic E-state index is 0.878. The van der Waals surface area contributed by atoms with Crippen molar-refractivity contribution in [3.8, 4) is 0 Å². The molecule has 2 aromatic rings. The number of halogens is 1. The first-order chi connectivity index (χ1) is 10.3. The number of piperazine rings is 1. The van der Waals surface area contributed by atoms with E-state index in [2.05, 4.69) is 39.8 Å². The number of hydrogen-bond donors (Lipinski definition) is 1. The van der Waals surface area contributed by atoms with Gasteiger partial charge in [-0.15, -0.1) is 11.3 Å². The van der Waals surface area contributed by atoms with Gasteiger partial charge in [0.2, 0.25) is 0 Å². The van der Waals surface area contributed by atoms with Gasteiger partial charge in [-0.25, -0.2) is 0 Å². The Balaban J connectivity index is 1.50. The van der Waals surface area contributed by atoms with Gasteiger partial charge >= 0.3 is 0 Å². The molecule has 5 heteroatoms. The van der Waals surface area contributed by atoms with E-state index in [4.69, 9.17) is 11.6 Å². The fraction of sp³-hybridized carbons (Fsp3) is 0.312. The number of hydrazone groups is 1. The molecule has 2 heterocycles. The van der Waals surface area contributed by atoms with Crippen molar-refractivity contribution < 1.29 is 4.90 Å². The third-order valence-electron chi connectivity index (χ3n) is 3.74. The highest BCUT2D eigenvalue weighted by Crippen LogP contribution is 2.13. The van der Waals surface area contributed by atoms with Crippen LogP contribution in [0.2, 0.25) is 5.02 Å². The first kappa shape index (κ1) is 14.6. The normalized spacial score (nSPS) is 16.7. The summed E-state index contributed by atoms with van der Waals surface area (Å²) in [5.74, 6) is 0. The molecule has 1 fully saturated rings. The molecule has 3 nitrogen and oxygen atoms in total. The Hall–Kier alpha value is -1.36. The van der Waals surface area contributed by atoms with Crippen molar-refractivity contribution in [2.45, 2.75) is 6.54 Å². The Labute approximate surface area is 134 Å². The topological polar surface area (TPSA) is 20.0 Å². The van der Waals surface area contributed by atoms with Crippen molar-refractivity contribution in [2.75, 3.05) is 26.2 Å².